The van der Waals surface area contributed by atoms with Crippen LogP contribution < -0.4 is 28.0 Å². The minimum Gasteiger partial charge on any atom is -0.423 e. The summed E-state index contributed by atoms with van der Waals surface area (Å²) in [4.78, 5) is 32.7. The van der Waals surface area contributed by atoms with Gasteiger partial charge < -0.3 is 32.6 Å². The first kappa shape index (κ1) is 22.9. The van der Waals surface area contributed by atoms with Crippen LogP contribution in [0.25, 0.3) is 16.9 Å². The van der Waals surface area contributed by atoms with E-state index >= 15 is 0 Å². The van der Waals surface area contributed by atoms with Crippen LogP contribution in [-0.2, 0) is 13.1 Å². The average molecular weight is 459 g/mol. The molecule has 0 aliphatic carbocycles. The van der Waals surface area contributed by atoms with Gasteiger partial charge in [0.2, 0.25) is 11.9 Å². The molecule has 2 amide bonds. The summed E-state index contributed by atoms with van der Waals surface area (Å²) in [6.07, 6.45) is 1.31. The van der Waals surface area contributed by atoms with Gasteiger partial charge in [-0.1, -0.05) is 30.3 Å². The van der Waals surface area contributed by atoms with Crippen molar-refractivity contribution in [2.24, 2.45) is 17.2 Å². The Kier molecular flexibility index (Phi) is 6.28. The van der Waals surface area contributed by atoms with E-state index in [0.717, 1.165) is 5.56 Å². The maximum atomic E-state index is 12.0. The molecule has 34 heavy (non-hydrogen) atoms. The van der Waals surface area contributed by atoms with Crippen molar-refractivity contribution >= 4 is 41.1 Å². The maximum Gasteiger partial charge on any atom is 0.488 e. The second kappa shape index (κ2) is 9.31. The minimum atomic E-state index is -1.60. The van der Waals surface area contributed by atoms with E-state index in [0.29, 0.717) is 27.6 Å². The molecule has 0 spiro atoms. The molecular formula is C22H22BN7O4. The van der Waals surface area contributed by atoms with Crippen molar-refractivity contribution in [1.82, 2.24) is 14.5 Å². The van der Waals surface area contributed by atoms with Gasteiger partial charge in [0.15, 0.2) is 0 Å². The quantitative estimate of drug-likeness (QED) is 0.187. The molecule has 2 heterocycles. The van der Waals surface area contributed by atoms with Crippen LogP contribution in [0.5, 0.6) is 0 Å². The summed E-state index contributed by atoms with van der Waals surface area (Å²) in [6, 6.07) is 13.5. The summed E-state index contributed by atoms with van der Waals surface area (Å²) in [5.74, 6) is -0.901. The largest absolute Gasteiger partial charge is 0.488 e. The highest BCUT2D eigenvalue weighted by atomic mass is 16.4. The molecule has 0 aliphatic heterocycles. The number of hydrogen-bond donors (Lipinski definition) is 6. The van der Waals surface area contributed by atoms with Crippen LogP contribution >= 0.6 is 0 Å². The Bertz CT molecular complexity index is 1400. The lowest BCUT2D eigenvalue weighted by Gasteiger charge is -2.13. The number of nitrogens with two attached hydrogens (primary N) is 3. The van der Waals surface area contributed by atoms with Crippen molar-refractivity contribution < 1.29 is 19.6 Å². The van der Waals surface area contributed by atoms with Crippen molar-refractivity contribution in [2.75, 3.05) is 5.32 Å². The Hall–Kier alpha value is -4.26. The third-order valence-corrected chi connectivity index (χ3v) is 5.35. The second-order valence-corrected chi connectivity index (χ2v) is 7.55. The van der Waals surface area contributed by atoms with Crippen LogP contribution in [0.1, 0.15) is 32.0 Å². The van der Waals surface area contributed by atoms with Crippen LogP contribution in [0.15, 0.2) is 54.7 Å². The molecule has 4 aromatic rings. The van der Waals surface area contributed by atoms with Crippen LogP contribution in [0.2, 0.25) is 0 Å². The predicted molar refractivity (Wildman–Crippen MR) is 127 cm³/mol. The summed E-state index contributed by atoms with van der Waals surface area (Å²) < 4.78 is 1.68. The summed E-state index contributed by atoms with van der Waals surface area (Å²) in [5, 5.41) is 22.5. The van der Waals surface area contributed by atoms with Gasteiger partial charge in [-0.05, 0) is 29.2 Å². The fourth-order valence-corrected chi connectivity index (χ4v) is 3.73. The zero-order valence-corrected chi connectivity index (χ0v) is 18.0. The van der Waals surface area contributed by atoms with Gasteiger partial charge in [0.05, 0.1) is 11.1 Å². The maximum absolute atomic E-state index is 12.0. The van der Waals surface area contributed by atoms with Gasteiger partial charge in [-0.25, -0.2) is 4.98 Å². The second-order valence-electron chi connectivity index (χ2n) is 7.55. The summed E-state index contributed by atoms with van der Waals surface area (Å²) in [5.41, 5.74) is 19.7. The molecule has 2 aromatic carbocycles. The number of primary amides is 2. The van der Waals surface area contributed by atoms with E-state index in [9.17, 15) is 19.6 Å². The van der Waals surface area contributed by atoms with Gasteiger partial charge in [-0.2, -0.15) is 4.98 Å². The highest BCUT2D eigenvalue weighted by Gasteiger charge is 2.19. The number of carbonyl (C=O) groups is 2. The topological polar surface area (TPSA) is 195 Å². The number of fused-ring (bicyclic) bond motifs is 1. The molecule has 0 unspecified atom stereocenters. The molecule has 9 N–H and O–H groups in total. The molecule has 0 saturated heterocycles. The van der Waals surface area contributed by atoms with Crippen molar-refractivity contribution in [3.8, 4) is 5.95 Å². The van der Waals surface area contributed by atoms with Gasteiger partial charge in [-0.3, -0.25) is 14.2 Å². The Balaban J connectivity index is 1.78. The lowest BCUT2D eigenvalue weighted by Crippen LogP contribution is -2.30. The first-order chi connectivity index (χ1) is 16.3. The van der Waals surface area contributed by atoms with Crippen LogP contribution in [-0.4, -0.2) is 43.5 Å². The fraction of sp³-hybridized carbons (Fsp3) is 0.0909. The number of nitrogens with zero attached hydrogens (tertiary/aromatic N) is 3. The highest BCUT2D eigenvalue weighted by molar-refractivity contribution is 6.58. The smallest absolute Gasteiger partial charge is 0.423 e. The van der Waals surface area contributed by atoms with Crippen molar-refractivity contribution in [3.05, 3.63) is 77.1 Å². The van der Waals surface area contributed by atoms with Gasteiger partial charge in [-0.15, -0.1) is 0 Å². The normalized spacial score (nSPS) is 10.9. The average Bonchev–Trinajstić information content (AvgIpc) is 3.21. The Morgan fingerprint density at radius 3 is 2.44 bits per heavy atom. The molecule has 12 heteroatoms. The Morgan fingerprint density at radius 2 is 1.76 bits per heavy atom. The number of hydrogen-bond acceptors (Lipinski definition) is 8. The zero-order chi connectivity index (χ0) is 24.4. The van der Waals surface area contributed by atoms with Gasteiger partial charge in [0, 0.05) is 35.9 Å². The number of aromatic nitrogens is 3. The molecule has 0 radical (unpaired) electrons. The van der Waals surface area contributed by atoms with Gasteiger partial charge in [0.25, 0.3) is 5.91 Å². The Morgan fingerprint density at radius 1 is 1.03 bits per heavy atom. The van der Waals surface area contributed by atoms with E-state index in [1.165, 1.54) is 6.20 Å². The summed E-state index contributed by atoms with van der Waals surface area (Å²) >= 11 is 0. The molecule has 0 atom stereocenters. The number of rotatable bonds is 8. The first-order valence-corrected chi connectivity index (χ1v) is 10.3. The van der Waals surface area contributed by atoms with Gasteiger partial charge in [0.1, 0.15) is 5.82 Å². The van der Waals surface area contributed by atoms with Crippen LogP contribution in [0.3, 0.4) is 0 Å². The predicted octanol–water partition coefficient (Wildman–Crippen LogP) is -0.631. The minimum absolute atomic E-state index is 0.0747. The van der Waals surface area contributed by atoms with Gasteiger partial charge >= 0.3 is 7.12 Å². The molecular weight excluding hydrogens is 437 g/mol. The van der Waals surface area contributed by atoms with E-state index in [1.807, 2.05) is 0 Å². The molecule has 4 rings (SSSR count). The zero-order valence-electron chi connectivity index (χ0n) is 18.0. The highest BCUT2D eigenvalue weighted by Crippen LogP contribution is 2.27. The van der Waals surface area contributed by atoms with Crippen molar-refractivity contribution in [3.63, 3.8) is 0 Å². The first-order valence-electron chi connectivity index (χ1n) is 10.3. The van der Waals surface area contributed by atoms with E-state index in [1.54, 1.807) is 53.1 Å². The number of carbonyl (C=O) groups excluding carboxylic acids is 2. The van der Waals surface area contributed by atoms with E-state index < -0.39 is 18.9 Å². The molecule has 0 bridgehead atoms. The lowest BCUT2D eigenvalue weighted by molar-refractivity contribution is 0.0992. The lowest BCUT2D eigenvalue weighted by atomic mass is 9.80. The van der Waals surface area contributed by atoms with Crippen LogP contribution in [0, 0.1) is 0 Å². The molecule has 172 valence electrons. The van der Waals surface area contributed by atoms with E-state index in [4.69, 9.17) is 17.2 Å². The molecule has 0 fully saturated rings. The monoisotopic (exact) mass is 459 g/mol. The number of nitrogens with one attached hydrogen (secondary N) is 1. The SMILES string of the molecule is NCc1cc2c(C(N)=O)cccc2n1-c1ncc(C(N)=O)c(NCc2cccc(B(O)O)c2)n1. The number of benzene rings is 2. The number of amides is 2. The Labute approximate surface area is 194 Å². The summed E-state index contributed by atoms with van der Waals surface area (Å²) in [6.45, 7) is 0.353. The summed E-state index contributed by atoms with van der Waals surface area (Å²) in [7, 11) is -1.60. The fourth-order valence-electron chi connectivity index (χ4n) is 3.73. The third-order valence-electron chi connectivity index (χ3n) is 5.35. The van der Waals surface area contributed by atoms with Crippen molar-refractivity contribution in [1.29, 1.82) is 0 Å². The van der Waals surface area contributed by atoms with E-state index in [-0.39, 0.29) is 30.4 Å². The molecule has 0 saturated carbocycles. The standard InChI is InChI=1S/C22H22BN7O4/c24-9-14-8-16-15(19(25)31)5-2-6-18(16)30(14)22-28-11-17(20(26)32)21(29-22)27-10-12-3-1-4-13(7-12)23(33)34/h1-8,11,33-34H,9-10,24H2,(H2,25,31)(H2,26,32)(H,27,28,29). The molecule has 0 aliphatic rings. The third kappa shape index (κ3) is 4.32. The van der Waals surface area contributed by atoms with Crippen molar-refractivity contribution in [2.45, 2.75) is 13.1 Å². The molecule has 2 aromatic heterocycles. The van der Waals surface area contributed by atoms with Crippen LogP contribution in [0.4, 0.5) is 5.82 Å². The number of anilines is 1. The van der Waals surface area contributed by atoms with E-state index in [2.05, 4.69) is 15.3 Å². The molecule has 11 nitrogen and oxygen atoms in total.